The molecule has 1 aliphatic rings. The summed E-state index contributed by atoms with van der Waals surface area (Å²) in [6.45, 7) is 7.27. The van der Waals surface area contributed by atoms with Gasteiger partial charge >= 0.3 is 0 Å². The Kier molecular flexibility index (Phi) is 7.01. The van der Waals surface area contributed by atoms with E-state index in [-0.39, 0.29) is 11.9 Å². The Morgan fingerprint density at radius 3 is 2.68 bits per heavy atom. The first-order chi connectivity index (χ1) is 18.0. The van der Waals surface area contributed by atoms with Crippen LogP contribution in [0.5, 0.6) is 23.0 Å². The SMILES string of the molecule is C=CC(=O)N1CC[C@@H](n2nc(-c3ccc(Oc4cccc(OC)c4Cl)cc3)c3cncc(OCC)c32)C1. The van der Waals surface area contributed by atoms with Gasteiger partial charge in [-0.3, -0.25) is 14.5 Å². The summed E-state index contributed by atoms with van der Waals surface area (Å²) in [5.74, 6) is 2.28. The zero-order valence-electron chi connectivity index (χ0n) is 20.7. The number of carbonyl (C=O) groups is 1. The summed E-state index contributed by atoms with van der Waals surface area (Å²) < 4.78 is 19.2. The van der Waals surface area contributed by atoms with Crippen molar-refractivity contribution in [2.45, 2.75) is 19.4 Å². The van der Waals surface area contributed by atoms with Crippen molar-refractivity contribution in [3.05, 3.63) is 72.5 Å². The molecule has 4 aromatic rings. The standard InChI is InChI=1S/C28H27ClN4O4/c1-4-25(34)32-14-13-19(17-32)33-28-21(15-30-16-24(28)36-5-2)27(31-33)18-9-11-20(12-10-18)37-23-8-6-7-22(35-3)26(23)29/h4,6-12,15-16,19H,1,5,13-14,17H2,2-3H3/t19-/m1/s1. The lowest BCUT2D eigenvalue weighted by atomic mass is 10.1. The summed E-state index contributed by atoms with van der Waals surface area (Å²) in [6, 6.07) is 13.0. The molecule has 1 saturated heterocycles. The number of hydrogen-bond acceptors (Lipinski definition) is 6. The highest BCUT2D eigenvalue weighted by Gasteiger charge is 2.30. The second-order valence-corrected chi connectivity index (χ2v) is 8.97. The molecule has 0 N–H and O–H groups in total. The quantitative estimate of drug-likeness (QED) is 0.270. The fraction of sp³-hybridized carbons (Fsp3) is 0.250. The number of carbonyl (C=O) groups excluding carboxylic acids is 1. The van der Waals surface area contributed by atoms with Crippen LogP contribution < -0.4 is 14.2 Å². The molecule has 1 atom stereocenters. The normalized spacial score (nSPS) is 15.1. The van der Waals surface area contributed by atoms with Gasteiger partial charge in [-0.25, -0.2) is 0 Å². The molecule has 190 valence electrons. The summed E-state index contributed by atoms with van der Waals surface area (Å²) in [5.41, 5.74) is 2.55. The number of likely N-dealkylation sites (tertiary alicyclic amines) is 1. The molecule has 8 nitrogen and oxygen atoms in total. The highest BCUT2D eigenvalue weighted by molar-refractivity contribution is 6.33. The molecule has 1 aliphatic heterocycles. The van der Waals surface area contributed by atoms with E-state index in [9.17, 15) is 4.79 Å². The Bertz CT molecular complexity index is 1450. The molecule has 3 heterocycles. The lowest BCUT2D eigenvalue weighted by molar-refractivity contribution is -0.125. The van der Waals surface area contributed by atoms with Crippen LogP contribution >= 0.6 is 11.6 Å². The van der Waals surface area contributed by atoms with Gasteiger partial charge in [-0.2, -0.15) is 5.10 Å². The second-order valence-electron chi connectivity index (χ2n) is 8.59. The predicted molar refractivity (Wildman–Crippen MR) is 143 cm³/mol. The van der Waals surface area contributed by atoms with Crippen LogP contribution in [0.25, 0.3) is 22.2 Å². The molecule has 2 aromatic heterocycles. The van der Waals surface area contributed by atoms with E-state index in [4.69, 9.17) is 30.9 Å². The molecule has 0 unspecified atom stereocenters. The first-order valence-corrected chi connectivity index (χ1v) is 12.4. The first kappa shape index (κ1) is 24.6. The molecule has 0 radical (unpaired) electrons. The molecule has 5 rings (SSSR count). The molecular weight excluding hydrogens is 492 g/mol. The maximum Gasteiger partial charge on any atom is 0.246 e. The minimum absolute atomic E-state index is 0.0135. The Morgan fingerprint density at radius 1 is 1.16 bits per heavy atom. The van der Waals surface area contributed by atoms with Gasteiger partial charge in [-0.05, 0) is 55.8 Å². The third kappa shape index (κ3) is 4.72. The van der Waals surface area contributed by atoms with E-state index in [1.165, 1.54) is 6.08 Å². The van der Waals surface area contributed by atoms with E-state index in [2.05, 4.69) is 11.6 Å². The Balaban J connectivity index is 1.50. The van der Waals surface area contributed by atoms with E-state index in [0.29, 0.717) is 47.7 Å². The van der Waals surface area contributed by atoms with Crippen LogP contribution in [0.1, 0.15) is 19.4 Å². The van der Waals surface area contributed by atoms with Crippen molar-refractivity contribution in [1.82, 2.24) is 19.7 Å². The average Bonchev–Trinajstić information content (AvgIpc) is 3.56. The zero-order valence-corrected chi connectivity index (χ0v) is 21.4. The van der Waals surface area contributed by atoms with Crippen LogP contribution in [-0.2, 0) is 4.79 Å². The van der Waals surface area contributed by atoms with Crippen LogP contribution in [0.3, 0.4) is 0 Å². The number of ether oxygens (including phenoxy) is 3. The Morgan fingerprint density at radius 2 is 1.95 bits per heavy atom. The molecule has 9 heteroatoms. The Labute approximate surface area is 220 Å². The maximum absolute atomic E-state index is 12.2. The van der Waals surface area contributed by atoms with E-state index >= 15 is 0 Å². The van der Waals surface area contributed by atoms with Crippen molar-refractivity contribution in [2.75, 3.05) is 26.8 Å². The summed E-state index contributed by atoms with van der Waals surface area (Å²) in [5, 5.41) is 6.30. The van der Waals surface area contributed by atoms with Gasteiger partial charge in [0.2, 0.25) is 5.91 Å². The number of pyridine rings is 1. The summed E-state index contributed by atoms with van der Waals surface area (Å²) in [7, 11) is 1.56. The van der Waals surface area contributed by atoms with E-state index in [1.54, 1.807) is 36.5 Å². The lowest BCUT2D eigenvalue weighted by Gasteiger charge is -2.16. The molecule has 2 aromatic carbocycles. The number of aromatic nitrogens is 3. The first-order valence-electron chi connectivity index (χ1n) is 12.0. The van der Waals surface area contributed by atoms with E-state index in [1.807, 2.05) is 41.9 Å². The summed E-state index contributed by atoms with van der Waals surface area (Å²) >= 11 is 6.38. The molecule has 0 spiro atoms. The van der Waals surface area contributed by atoms with Crippen LogP contribution in [-0.4, -0.2) is 52.4 Å². The van der Waals surface area contributed by atoms with Crippen LogP contribution in [0.15, 0.2) is 67.5 Å². The van der Waals surface area contributed by atoms with E-state index in [0.717, 1.165) is 28.6 Å². The third-order valence-corrected chi connectivity index (χ3v) is 6.75. The molecule has 0 aliphatic carbocycles. The van der Waals surface area contributed by atoms with Crippen molar-refractivity contribution < 1.29 is 19.0 Å². The molecule has 0 bridgehead atoms. The monoisotopic (exact) mass is 518 g/mol. The number of methoxy groups -OCH3 is 1. The number of amides is 1. The number of hydrogen-bond donors (Lipinski definition) is 0. The minimum Gasteiger partial charge on any atom is -0.495 e. The number of rotatable bonds is 8. The third-order valence-electron chi connectivity index (χ3n) is 6.37. The Hall–Kier alpha value is -4.04. The van der Waals surface area contributed by atoms with Gasteiger partial charge in [0.15, 0.2) is 5.75 Å². The van der Waals surface area contributed by atoms with Crippen LogP contribution in [0.2, 0.25) is 5.02 Å². The fourth-order valence-electron chi connectivity index (χ4n) is 4.60. The summed E-state index contributed by atoms with van der Waals surface area (Å²) in [4.78, 5) is 18.4. The van der Waals surface area contributed by atoms with Crippen molar-refractivity contribution in [3.8, 4) is 34.3 Å². The molecule has 1 fully saturated rings. The summed E-state index contributed by atoms with van der Waals surface area (Å²) in [6.07, 6.45) is 5.66. The van der Waals surface area contributed by atoms with Crippen molar-refractivity contribution in [2.24, 2.45) is 0 Å². The predicted octanol–water partition coefficient (Wildman–Crippen LogP) is 5.91. The highest BCUT2D eigenvalue weighted by Crippen LogP contribution is 2.39. The number of halogens is 1. The molecule has 1 amide bonds. The number of fused-ring (bicyclic) bond motifs is 1. The van der Waals surface area contributed by atoms with Crippen LogP contribution in [0.4, 0.5) is 0 Å². The smallest absolute Gasteiger partial charge is 0.246 e. The van der Waals surface area contributed by atoms with Gasteiger partial charge in [-0.15, -0.1) is 0 Å². The van der Waals surface area contributed by atoms with Crippen LogP contribution in [0, 0.1) is 0 Å². The fourth-order valence-corrected chi connectivity index (χ4v) is 4.84. The van der Waals surface area contributed by atoms with Crippen molar-refractivity contribution in [1.29, 1.82) is 0 Å². The van der Waals surface area contributed by atoms with Gasteiger partial charge in [0.05, 0.1) is 31.3 Å². The van der Waals surface area contributed by atoms with Gasteiger partial charge in [-0.1, -0.05) is 24.2 Å². The highest BCUT2D eigenvalue weighted by atomic mass is 35.5. The molecule has 0 saturated carbocycles. The topological polar surface area (TPSA) is 78.7 Å². The maximum atomic E-state index is 12.2. The van der Waals surface area contributed by atoms with Crippen molar-refractivity contribution in [3.63, 3.8) is 0 Å². The van der Waals surface area contributed by atoms with Gasteiger partial charge < -0.3 is 19.1 Å². The minimum atomic E-state index is -0.0717. The van der Waals surface area contributed by atoms with Gasteiger partial charge in [0.1, 0.15) is 33.5 Å². The molecule has 37 heavy (non-hydrogen) atoms. The average molecular weight is 519 g/mol. The van der Waals surface area contributed by atoms with E-state index < -0.39 is 0 Å². The van der Waals surface area contributed by atoms with Crippen molar-refractivity contribution >= 4 is 28.4 Å². The largest absolute Gasteiger partial charge is 0.495 e. The van der Waals surface area contributed by atoms with Gasteiger partial charge in [0, 0.05) is 24.8 Å². The molecular formula is C28H27ClN4O4. The zero-order chi connectivity index (χ0) is 25.9. The number of benzene rings is 2. The lowest BCUT2D eigenvalue weighted by Crippen LogP contribution is -2.27. The van der Waals surface area contributed by atoms with Gasteiger partial charge in [0.25, 0.3) is 0 Å². The second kappa shape index (κ2) is 10.5. The number of nitrogens with zero attached hydrogens (tertiary/aromatic N) is 4.